The van der Waals surface area contributed by atoms with Crippen molar-refractivity contribution in [1.82, 2.24) is 14.9 Å². The monoisotopic (exact) mass is 345 g/mol. The second kappa shape index (κ2) is 6.96. The molecule has 0 atom stereocenters. The molecule has 24 heavy (non-hydrogen) atoms. The molecule has 0 bridgehead atoms. The van der Waals surface area contributed by atoms with Gasteiger partial charge in [0.15, 0.2) is 5.13 Å². The average Bonchev–Trinajstić information content (AvgIpc) is 3.02. The van der Waals surface area contributed by atoms with Crippen LogP contribution in [0.4, 0.5) is 10.9 Å². The number of primary amides is 1. The molecule has 0 aromatic carbocycles. The quantitative estimate of drug-likeness (QED) is 0.882. The molecule has 2 aromatic rings. The maximum Gasteiger partial charge on any atom is 0.273 e. The van der Waals surface area contributed by atoms with E-state index in [9.17, 15) is 9.59 Å². The summed E-state index contributed by atoms with van der Waals surface area (Å²) in [5.41, 5.74) is 6.64. The molecule has 2 aromatic heterocycles. The number of hydrogen-bond acceptors (Lipinski definition) is 6. The molecule has 0 spiro atoms. The normalized spacial score (nSPS) is 15.3. The van der Waals surface area contributed by atoms with Crippen LogP contribution in [0.25, 0.3) is 0 Å². The molecule has 1 fully saturated rings. The van der Waals surface area contributed by atoms with Gasteiger partial charge in [0.1, 0.15) is 11.5 Å². The molecule has 3 rings (SSSR count). The van der Waals surface area contributed by atoms with Gasteiger partial charge in [-0.25, -0.2) is 9.97 Å². The molecule has 1 aliphatic heterocycles. The molecule has 126 valence electrons. The average molecular weight is 345 g/mol. The van der Waals surface area contributed by atoms with Crippen molar-refractivity contribution >= 4 is 34.1 Å². The summed E-state index contributed by atoms with van der Waals surface area (Å²) >= 11 is 1.36. The molecular weight excluding hydrogens is 326 g/mol. The van der Waals surface area contributed by atoms with E-state index in [1.807, 2.05) is 25.1 Å². The van der Waals surface area contributed by atoms with Crippen LogP contribution in [0.1, 0.15) is 29.0 Å². The number of rotatable bonds is 4. The Morgan fingerprint density at radius 1 is 1.29 bits per heavy atom. The lowest BCUT2D eigenvalue weighted by molar-refractivity contribution is -0.123. The summed E-state index contributed by atoms with van der Waals surface area (Å²) in [6.45, 7) is 2.98. The number of nitrogens with one attached hydrogen (secondary N) is 1. The Balaban J connectivity index is 1.63. The summed E-state index contributed by atoms with van der Waals surface area (Å²) < 4.78 is 0. The van der Waals surface area contributed by atoms with Crippen LogP contribution >= 0.6 is 11.3 Å². The molecule has 0 saturated carbocycles. The number of aryl methyl sites for hydroxylation is 1. The minimum Gasteiger partial charge on any atom is -0.369 e. The maximum absolute atomic E-state index is 12.5. The van der Waals surface area contributed by atoms with Crippen LogP contribution in [0.3, 0.4) is 0 Å². The first-order valence-electron chi connectivity index (χ1n) is 7.78. The number of thiazole rings is 1. The number of piperidine rings is 1. The van der Waals surface area contributed by atoms with Gasteiger partial charge < -0.3 is 16.0 Å². The third-order valence-corrected chi connectivity index (χ3v) is 4.79. The van der Waals surface area contributed by atoms with Crippen molar-refractivity contribution in [2.24, 2.45) is 11.7 Å². The molecule has 0 radical (unpaired) electrons. The van der Waals surface area contributed by atoms with E-state index in [0.29, 0.717) is 42.6 Å². The Morgan fingerprint density at radius 3 is 2.71 bits per heavy atom. The first-order valence-corrected chi connectivity index (χ1v) is 8.65. The Bertz CT molecular complexity index is 752. The molecule has 1 saturated heterocycles. The first kappa shape index (κ1) is 16.4. The number of amides is 2. The molecule has 1 aliphatic rings. The predicted octanol–water partition coefficient (Wildman–Crippen LogP) is 1.93. The van der Waals surface area contributed by atoms with Crippen LogP contribution < -0.4 is 11.1 Å². The SMILES string of the molecule is Cc1cccc(Nc2nc(C(=O)N3CCC(C(N)=O)CC3)cs2)n1. The molecule has 3 heterocycles. The van der Waals surface area contributed by atoms with E-state index in [1.54, 1.807) is 10.3 Å². The van der Waals surface area contributed by atoms with Gasteiger partial charge in [-0.15, -0.1) is 11.3 Å². The lowest BCUT2D eigenvalue weighted by Crippen LogP contribution is -2.41. The highest BCUT2D eigenvalue weighted by molar-refractivity contribution is 7.14. The van der Waals surface area contributed by atoms with Gasteiger partial charge in [-0.05, 0) is 31.9 Å². The number of nitrogens with two attached hydrogens (primary N) is 1. The fourth-order valence-electron chi connectivity index (χ4n) is 2.68. The van der Waals surface area contributed by atoms with Crippen LogP contribution in [0, 0.1) is 12.8 Å². The third-order valence-electron chi connectivity index (χ3n) is 4.03. The minimum atomic E-state index is -0.284. The molecule has 2 amide bonds. The summed E-state index contributed by atoms with van der Waals surface area (Å²) in [5, 5.41) is 5.47. The summed E-state index contributed by atoms with van der Waals surface area (Å²) in [6.07, 6.45) is 1.23. The van der Waals surface area contributed by atoms with Gasteiger partial charge in [-0.2, -0.15) is 0 Å². The summed E-state index contributed by atoms with van der Waals surface area (Å²) in [4.78, 5) is 34.1. The van der Waals surface area contributed by atoms with E-state index in [2.05, 4.69) is 15.3 Å². The highest BCUT2D eigenvalue weighted by Gasteiger charge is 2.27. The van der Waals surface area contributed by atoms with E-state index >= 15 is 0 Å². The molecule has 3 N–H and O–H groups in total. The number of likely N-dealkylation sites (tertiary alicyclic amines) is 1. The Morgan fingerprint density at radius 2 is 2.04 bits per heavy atom. The van der Waals surface area contributed by atoms with Crippen LogP contribution in [0.2, 0.25) is 0 Å². The largest absolute Gasteiger partial charge is 0.369 e. The topological polar surface area (TPSA) is 101 Å². The van der Waals surface area contributed by atoms with Crippen LogP contribution in [-0.2, 0) is 4.79 Å². The predicted molar refractivity (Wildman–Crippen MR) is 92.2 cm³/mol. The van der Waals surface area contributed by atoms with Crippen molar-refractivity contribution in [3.05, 3.63) is 35.0 Å². The van der Waals surface area contributed by atoms with Gasteiger partial charge in [-0.3, -0.25) is 9.59 Å². The van der Waals surface area contributed by atoms with Gasteiger partial charge >= 0.3 is 0 Å². The Labute approximate surface area is 143 Å². The van der Waals surface area contributed by atoms with Crippen LogP contribution in [-0.4, -0.2) is 39.8 Å². The van der Waals surface area contributed by atoms with Crippen LogP contribution in [0.5, 0.6) is 0 Å². The number of pyridine rings is 1. The highest BCUT2D eigenvalue weighted by Crippen LogP contribution is 2.23. The number of hydrogen-bond donors (Lipinski definition) is 2. The molecule has 0 aliphatic carbocycles. The standard InChI is InChI=1S/C16H19N5O2S/c1-10-3-2-4-13(18-10)20-16-19-12(9-24-16)15(23)21-7-5-11(6-8-21)14(17)22/h2-4,9,11H,5-8H2,1H3,(H2,17,22)(H,18,19,20). The van der Waals surface area contributed by atoms with E-state index < -0.39 is 0 Å². The molecular formula is C16H19N5O2S. The van der Waals surface area contributed by atoms with Gasteiger partial charge in [0.25, 0.3) is 5.91 Å². The summed E-state index contributed by atoms with van der Waals surface area (Å²) in [7, 11) is 0. The van der Waals surface area contributed by atoms with E-state index in [4.69, 9.17) is 5.73 Å². The van der Waals surface area contributed by atoms with Crippen molar-refractivity contribution in [2.75, 3.05) is 18.4 Å². The third kappa shape index (κ3) is 3.70. The Hall–Kier alpha value is -2.48. The fraction of sp³-hybridized carbons (Fsp3) is 0.375. The van der Waals surface area contributed by atoms with Crippen molar-refractivity contribution in [2.45, 2.75) is 19.8 Å². The summed E-state index contributed by atoms with van der Waals surface area (Å²) in [6, 6.07) is 5.68. The Kier molecular flexibility index (Phi) is 4.75. The molecule has 8 heteroatoms. The first-order chi connectivity index (χ1) is 11.5. The van der Waals surface area contributed by atoms with Gasteiger partial charge in [0.2, 0.25) is 5.91 Å². The highest BCUT2D eigenvalue weighted by atomic mass is 32.1. The maximum atomic E-state index is 12.5. The zero-order valence-corrected chi connectivity index (χ0v) is 14.2. The zero-order chi connectivity index (χ0) is 17.1. The van der Waals surface area contributed by atoms with Crippen molar-refractivity contribution < 1.29 is 9.59 Å². The number of carbonyl (C=O) groups is 2. The minimum absolute atomic E-state index is 0.112. The number of nitrogens with zero attached hydrogens (tertiary/aromatic N) is 3. The van der Waals surface area contributed by atoms with Crippen molar-refractivity contribution in [1.29, 1.82) is 0 Å². The second-order valence-electron chi connectivity index (χ2n) is 5.80. The van der Waals surface area contributed by atoms with E-state index in [1.165, 1.54) is 11.3 Å². The zero-order valence-electron chi connectivity index (χ0n) is 13.4. The lowest BCUT2D eigenvalue weighted by atomic mass is 9.96. The van der Waals surface area contributed by atoms with Crippen molar-refractivity contribution in [3.8, 4) is 0 Å². The van der Waals surface area contributed by atoms with E-state index in [-0.39, 0.29) is 17.7 Å². The van der Waals surface area contributed by atoms with Gasteiger partial charge in [-0.1, -0.05) is 6.07 Å². The second-order valence-corrected chi connectivity index (χ2v) is 6.65. The van der Waals surface area contributed by atoms with Gasteiger partial charge in [0.05, 0.1) is 0 Å². The number of anilines is 2. The van der Waals surface area contributed by atoms with E-state index in [0.717, 1.165) is 5.69 Å². The van der Waals surface area contributed by atoms with Crippen molar-refractivity contribution in [3.63, 3.8) is 0 Å². The number of aromatic nitrogens is 2. The number of carbonyl (C=O) groups excluding carboxylic acids is 2. The summed E-state index contributed by atoms with van der Waals surface area (Å²) in [5.74, 6) is 0.173. The lowest BCUT2D eigenvalue weighted by Gasteiger charge is -2.30. The molecule has 7 nitrogen and oxygen atoms in total. The van der Waals surface area contributed by atoms with Gasteiger partial charge in [0, 0.05) is 30.1 Å². The fourth-order valence-corrected chi connectivity index (χ4v) is 3.37. The van der Waals surface area contributed by atoms with Crippen LogP contribution in [0.15, 0.2) is 23.6 Å². The smallest absolute Gasteiger partial charge is 0.273 e. The molecule has 0 unspecified atom stereocenters.